The molecule has 0 amide bonds. The Hall–Kier alpha value is -1.70. The Morgan fingerprint density at radius 3 is 2.80 bits per heavy atom. The Labute approximate surface area is 117 Å². The second-order valence-corrected chi connectivity index (χ2v) is 4.81. The molecule has 5 N–H and O–H groups in total. The maximum atomic E-state index is 9.12. The van der Waals surface area contributed by atoms with Gasteiger partial charge in [-0.2, -0.15) is 0 Å². The summed E-state index contributed by atoms with van der Waals surface area (Å²) in [4.78, 5) is 11.3. The van der Waals surface area contributed by atoms with Gasteiger partial charge in [0.05, 0.1) is 12.1 Å². The SMILES string of the molecule is COC.Nc1ncnc2c(C3CCC(CO)N3)c[nH]c12. The first-order chi connectivity index (χ1) is 9.71. The first-order valence-corrected chi connectivity index (χ1v) is 6.55. The lowest BCUT2D eigenvalue weighted by atomic mass is 10.1. The number of aromatic nitrogens is 3. The van der Waals surface area contributed by atoms with Crippen LogP contribution in [0.4, 0.5) is 5.82 Å². The molecule has 20 heavy (non-hydrogen) atoms. The van der Waals surface area contributed by atoms with Crippen LogP contribution in [0.25, 0.3) is 11.0 Å². The Kier molecular flexibility index (Phi) is 4.89. The van der Waals surface area contributed by atoms with Crippen LogP contribution in [0.15, 0.2) is 12.5 Å². The molecule has 0 saturated carbocycles. The summed E-state index contributed by atoms with van der Waals surface area (Å²) in [6.07, 6.45) is 5.39. The molecule has 1 fully saturated rings. The molecule has 2 aromatic rings. The number of nitrogen functional groups attached to an aromatic ring is 1. The molecule has 110 valence electrons. The van der Waals surface area contributed by atoms with Gasteiger partial charge in [0, 0.05) is 38.1 Å². The molecule has 3 rings (SSSR count). The smallest absolute Gasteiger partial charge is 0.151 e. The molecule has 1 saturated heterocycles. The third kappa shape index (κ3) is 2.90. The summed E-state index contributed by atoms with van der Waals surface area (Å²) < 4.78 is 4.25. The van der Waals surface area contributed by atoms with E-state index < -0.39 is 0 Å². The zero-order valence-corrected chi connectivity index (χ0v) is 11.8. The number of methoxy groups -OCH3 is 1. The molecule has 7 nitrogen and oxygen atoms in total. The Morgan fingerprint density at radius 2 is 2.15 bits per heavy atom. The van der Waals surface area contributed by atoms with Crippen LogP contribution in [0.3, 0.4) is 0 Å². The molecule has 0 spiro atoms. The fourth-order valence-corrected chi connectivity index (χ4v) is 2.45. The molecule has 7 heteroatoms. The lowest BCUT2D eigenvalue weighted by Crippen LogP contribution is -2.27. The van der Waals surface area contributed by atoms with Gasteiger partial charge in [-0.15, -0.1) is 0 Å². The molecule has 0 aliphatic carbocycles. The first kappa shape index (κ1) is 14.7. The van der Waals surface area contributed by atoms with Crippen LogP contribution in [0.1, 0.15) is 24.4 Å². The van der Waals surface area contributed by atoms with Gasteiger partial charge in [-0.1, -0.05) is 0 Å². The van der Waals surface area contributed by atoms with E-state index in [-0.39, 0.29) is 18.7 Å². The van der Waals surface area contributed by atoms with Crippen LogP contribution in [0, 0.1) is 0 Å². The van der Waals surface area contributed by atoms with Gasteiger partial charge in [0.2, 0.25) is 0 Å². The molecule has 1 aliphatic heterocycles. The zero-order valence-electron chi connectivity index (χ0n) is 11.8. The number of nitrogens with two attached hydrogens (primary N) is 1. The first-order valence-electron chi connectivity index (χ1n) is 6.55. The molecule has 0 aromatic carbocycles. The van der Waals surface area contributed by atoms with Crippen LogP contribution in [-0.2, 0) is 4.74 Å². The number of hydrogen-bond donors (Lipinski definition) is 4. The standard InChI is InChI=1S/C11H15N5O.C2H6O/c12-11-10-9(14-5-15-11)7(3-13-10)8-2-1-6(4-17)16-8;1-3-2/h3,5-6,8,13,16-17H,1-2,4H2,(H2,12,14,15);1-2H3. The van der Waals surface area contributed by atoms with E-state index in [0.717, 1.165) is 29.4 Å². The number of rotatable bonds is 2. The minimum Gasteiger partial charge on any atom is -0.395 e. The quantitative estimate of drug-likeness (QED) is 0.640. The number of anilines is 1. The van der Waals surface area contributed by atoms with Crippen LogP contribution in [0.2, 0.25) is 0 Å². The number of H-pyrrole nitrogens is 1. The van der Waals surface area contributed by atoms with Crippen molar-refractivity contribution < 1.29 is 9.84 Å². The monoisotopic (exact) mass is 279 g/mol. The maximum absolute atomic E-state index is 9.12. The van der Waals surface area contributed by atoms with Crippen LogP contribution >= 0.6 is 0 Å². The van der Waals surface area contributed by atoms with E-state index in [0.29, 0.717) is 5.82 Å². The summed E-state index contributed by atoms with van der Waals surface area (Å²) in [6, 6.07) is 0.416. The minimum absolute atomic E-state index is 0.177. The van der Waals surface area contributed by atoms with E-state index in [1.165, 1.54) is 6.33 Å². The van der Waals surface area contributed by atoms with Crippen molar-refractivity contribution in [3.63, 3.8) is 0 Å². The number of nitrogens with zero attached hydrogens (tertiary/aromatic N) is 2. The van der Waals surface area contributed by atoms with Crippen molar-refractivity contribution in [2.24, 2.45) is 0 Å². The lowest BCUT2D eigenvalue weighted by molar-refractivity contribution is 0.252. The number of fused-ring (bicyclic) bond motifs is 1. The average molecular weight is 279 g/mol. The lowest BCUT2D eigenvalue weighted by Gasteiger charge is -2.11. The van der Waals surface area contributed by atoms with E-state index >= 15 is 0 Å². The minimum atomic E-state index is 0.177. The fourth-order valence-electron chi connectivity index (χ4n) is 2.45. The summed E-state index contributed by atoms with van der Waals surface area (Å²) in [7, 11) is 3.25. The highest BCUT2D eigenvalue weighted by molar-refractivity contribution is 5.87. The van der Waals surface area contributed by atoms with Gasteiger partial charge in [0.25, 0.3) is 0 Å². The van der Waals surface area contributed by atoms with Gasteiger partial charge in [-0.25, -0.2) is 9.97 Å². The van der Waals surface area contributed by atoms with E-state index in [4.69, 9.17) is 10.8 Å². The van der Waals surface area contributed by atoms with Crippen LogP contribution in [-0.4, -0.2) is 46.9 Å². The molecule has 0 radical (unpaired) electrons. The number of hydrogen-bond acceptors (Lipinski definition) is 6. The average Bonchev–Trinajstić information content (AvgIpc) is 3.06. The maximum Gasteiger partial charge on any atom is 0.151 e. The Bertz CT molecular complexity index is 557. The summed E-state index contributed by atoms with van der Waals surface area (Å²) in [6.45, 7) is 0.177. The zero-order chi connectivity index (χ0) is 14.5. The summed E-state index contributed by atoms with van der Waals surface area (Å²) in [5.74, 6) is 0.470. The van der Waals surface area contributed by atoms with Gasteiger partial charge >= 0.3 is 0 Å². The van der Waals surface area contributed by atoms with Gasteiger partial charge in [0.1, 0.15) is 11.8 Å². The predicted octanol–water partition coefficient (Wildman–Crippen LogP) is 0.588. The number of aliphatic hydroxyl groups is 1. The van der Waals surface area contributed by atoms with Crippen molar-refractivity contribution in [1.82, 2.24) is 20.3 Å². The number of aromatic amines is 1. The third-order valence-electron chi connectivity index (χ3n) is 3.36. The van der Waals surface area contributed by atoms with Crippen molar-refractivity contribution in [2.45, 2.75) is 24.9 Å². The Balaban J connectivity index is 0.000000452. The third-order valence-corrected chi connectivity index (χ3v) is 3.36. The van der Waals surface area contributed by atoms with Gasteiger partial charge in [0.15, 0.2) is 5.82 Å². The molecular formula is C13H21N5O2. The number of aliphatic hydroxyl groups excluding tert-OH is 1. The van der Waals surface area contributed by atoms with Crippen molar-refractivity contribution >= 4 is 16.9 Å². The summed E-state index contributed by atoms with van der Waals surface area (Å²) in [5, 5.41) is 12.5. The second-order valence-electron chi connectivity index (χ2n) is 4.81. The van der Waals surface area contributed by atoms with Gasteiger partial charge < -0.3 is 25.9 Å². The van der Waals surface area contributed by atoms with Gasteiger partial charge in [-0.05, 0) is 12.8 Å². The van der Waals surface area contributed by atoms with Crippen molar-refractivity contribution in [3.8, 4) is 0 Å². The van der Waals surface area contributed by atoms with E-state index in [9.17, 15) is 0 Å². The predicted molar refractivity (Wildman–Crippen MR) is 77.2 cm³/mol. The van der Waals surface area contributed by atoms with E-state index in [1.54, 1.807) is 14.2 Å². The topological polar surface area (TPSA) is 109 Å². The van der Waals surface area contributed by atoms with Gasteiger partial charge in [-0.3, -0.25) is 0 Å². The van der Waals surface area contributed by atoms with Crippen molar-refractivity contribution in [2.75, 3.05) is 26.6 Å². The largest absolute Gasteiger partial charge is 0.395 e. The highest BCUT2D eigenvalue weighted by Crippen LogP contribution is 2.31. The van der Waals surface area contributed by atoms with Crippen molar-refractivity contribution in [3.05, 3.63) is 18.1 Å². The van der Waals surface area contributed by atoms with Crippen LogP contribution in [0.5, 0.6) is 0 Å². The second kappa shape index (κ2) is 6.65. The normalized spacial score (nSPS) is 21.8. The molecular weight excluding hydrogens is 258 g/mol. The summed E-state index contributed by atoms with van der Waals surface area (Å²) >= 11 is 0. The van der Waals surface area contributed by atoms with Crippen LogP contribution < -0.4 is 11.1 Å². The molecule has 2 aromatic heterocycles. The molecule has 1 aliphatic rings. The number of nitrogens with one attached hydrogen (secondary N) is 2. The highest BCUT2D eigenvalue weighted by atomic mass is 16.4. The van der Waals surface area contributed by atoms with E-state index in [1.807, 2.05) is 6.20 Å². The summed E-state index contributed by atoms with van der Waals surface area (Å²) in [5.41, 5.74) is 8.54. The number of ether oxygens (including phenoxy) is 1. The fraction of sp³-hybridized carbons (Fsp3) is 0.538. The molecule has 3 heterocycles. The van der Waals surface area contributed by atoms with Crippen molar-refractivity contribution in [1.29, 1.82) is 0 Å². The highest BCUT2D eigenvalue weighted by Gasteiger charge is 2.26. The molecule has 2 atom stereocenters. The molecule has 0 bridgehead atoms. The van der Waals surface area contributed by atoms with E-state index in [2.05, 4.69) is 25.0 Å². The molecule has 2 unspecified atom stereocenters. The Morgan fingerprint density at radius 1 is 1.40 bits per heavy atom.